The fourth-order valence-electron chi connectivity index (χ4n) is 7.40. The van der Waals surface area contributed by atoms with Crippen molar-refractivity contribution in [3.8, 4) is 42.5 Å². The molecule has 2 aliphatic rings. The molecule has 0 radical (unpaired) electrons. The molecule has 0 aliphatic heterocycles. The minimum atomic E-state index is -4.67. The first-order valence-corrected chi connectivity index (χ1v) is 17.3. The molecule has 8 nitrogen and oxygen atoms in total. The molecule has 0 aromatic heterocycles. The van der Waals surface area contributed by atoms with Crippen molar-refractivity contribution in [2.24, 2.45) is 0 Å². The van der Waals surface area contributed by atoms with Crippen molar-refractivity contribution in [1.29, 1.82) is 36.8 Å². The molecule has 59 heavy (non-hydrogen) atoms. The summed E-state index contributed by atoms with van der Waals surface area (Å²) in [5, 5.41) is 71.9. The number of fused-ring (bicyclic) bond motifs is 2. The van der Waals surface area contributed by atoms with E-state index in [9.17, 15) is 50.0 Å². The number of nitriles is 7. The van der Waals surface area contributed by atoms with Gasteiger partial charge < -0.3 is 0 Å². The Balaban J connectivity index is 1.66. The standard InChI is InChI=1S/C48H19F3N8/c1-26-3-5-31(6-4-26)43-41(24-57)36-17-37-39(18-38(36)45(43)40(23-56)33-13-27(19-52)11-28(14-33)20-53)46(47(59-2)34-15-29(21-54)12-30(16-34)22-55)44(42(37)25-58)32-7-9-35(10-8-32)48(49,50)51/h3-18H,1H3/b45-40-,47-46+. The topological polar surface area (TPSA) is 171 Å². The van der Waals surface area contributed by atoms with Crippen molar-refractivity contribution in [3.63, 3.8) is 0 Å². The Labute approximate surface area is 335 Å². The highest BCUT2D eigenvalue weighted by molar-refractivity contribution is 6.34. The van der Waals surface area contributed by atoms with Crippen LogP contribution in [0.4, 0.5) is 13.2 Å². The maximum absolute atomic E-state index is 13.7. The molecule has 0 unspecified atom stereocenters. The van der Waals surface area contributed by atoms with Crippen LogP contribution >= 0.6 is 0 Å². The summed E-state index contributed by atoms with van der Waals surface area (Å²) in [6.45, 7) is 10.3. The lowest BCUT2D eigenvalue weighted by Crippen LogP contribution is -2.04. The molecule has 0 atom stereocenters. The molecule has 0 bridgehead atoms. The van der Waals surface area contributed by atoms with Crippen molar-refractivity contribution in [2.75, 3.05) is 0 Å². The minimum absolute atomic E-state index is 0.00589. The molecule has 272 valence electrons. The van der Waals surface area contributed by atoms with Crippen LogP contribution < -0.4 is 0 Å². The summed E-state index contributed by atoms with van der Waals surface area (Å²) in [6, 6.07) is 37.6. The Bertz CT molecular complexity index is 3150. The number of rotatable bonds is 4. The molecule has 0 fully saturated rings. The lowest BCUT2D eigenvalue weighted by molar-refractivity contribution is -0.137. The van der Waals surface area contributed by atoms with Gasteiger partial charge in [0.2, 0.25) is 5.70 Å². The third-order valence-electron chi connectivity index (χ3n) is 9.95. The maximum atomic E-state index is 13.7. The van der Waals surface area contributed by atoms with Gasteiger partial charge in [0.1, 0.15) is 18.2 Å². The zero-order valence-electron chi connectivity index (χ0n) is 30.4. The lowest BCUT2D eigenvalue weighted by Gasteiger charge is -2.16. The highest BCUT2D eigenvalue weighted by Crippen LogP contribution is 2.56. The zero-order valence-corrected chi connectivity index (χ0v) is 30.4. The van der Waals surface area contributed by atoms with Crippen LogP contribution in [0.25, 0.3) is 49.6 Å². The van der Waals surface area contributed by atoms with Crippen LogP contribution in [0.2, 0.25) is 0 Å². The second kappa shape index (κ2) is 14.8. The van der Waals surface area contributed by atoms with Crippen LogP contribution in [0, 0.1) is 92.8 Å². The van der Waals surface area contributed by atoms with Gasteiger partial charge in [0.15, 0.2) is 0 Å². The largest absolute Gasteiger partial charge is 0.416 e. The van der Waals surface area contributed by atoms with Crippen molar-refractivity contribution in [2.45, 2.75) is 13.1 Å². The van der Waals surface area contributed by atoms with E-state index in [0.717, 1.165) is 17.7 Å². The van der Waals surface area contributed by atoms with Gasteiger partial charge in [-0.25, -0.2) is 4.85 Å². The Hall–Kier alpha value is -9.23. The predicted octanol–water partition coefficient (Wildman–Crippen LogP) is 10.6. The SMILES string of the molecule is [C-]#[N+]/C(=C1/C(c2ccc(C(F)(F)F)cc2)=C(C#N)c2cc3c(cc21)/C(=C(\C#N)c1cc(C#N)cc(C#N)c1)C(c1ccc(C)cc1)=C3C#N)c1cc(C#N)cc(C#N)c1. The number of allylic oxidation sites excluding steroid dienone is 7. The van der Waals surface area contributed by atoms with Gasteiger partial charge >= 0.3 is 6.18 Å². The van der Waals surface area contributed by atoms with Gasteiger partial charge in [0.05, 0.1) is 75.4 Å². The molecular formula is C48H19F3N8. The Morgan fingerprint density at radius 3 is 1.37 bits per heavy atom. The summed E-state index contributed by atoms with van der Waals surface area (Å²) in [4.78, 5) is 3.84. The molecular weight excluding hydrogens is 746 g/mol. The monoisotopic (exact) mass is 764 g/mol. The second-order valence-electron chi connectivity index (χ2n) is 13.4. The van der Waals surface area contributed by atoms with E-state index in [1.54, 1.807) is 24.3 Å². The van der Waals surface area contributed by atoms with Crippen LogP contribution in [-0.2, 0) is 6.18 Å². The van der Waals surface area contributed by atoms with Gasteiger partial charge in [-0.05, 0) is 112 Å². The first-order chi connectivity index (χ1) is 28.4. The van der Waals surface area contributed by atoms with Crippen molar-refractivity contribution < 1.29 is 13.2 Å². The van der Waals surface area contributed by atoms with E-state index in [1.807, 2.05) is 43.3 Å². The normalized spacial score (nSPS) is 14.2. The fraction of sp³-hybridized carbons (Fsp3) is 0.0417. The highest BCUT2D eigenvalue weighted by atomic mass is 19.4. The molecule has 0 amide bonds. The van der Waals surface area contributed by atoms with Gasteiger partial charge in [-0.1, -0.05) is 42.0 Å². The number of hydrogen-bond acceptors (Lipinski definition) is 7. The van der Waals surface area contributed by atoms with Gasteiger partial charge in [-0.3, -0.25) is 0 Å². The first kappa shape index (κ1) is 38.1. The van der Waals surface area contributed by atoms with E-state index < -0.39 is 11.7 Å². The van der Waals surface area contributed by atoms with Crippen LogP contribution in [-0.4, -0.2) is 0 Å². The molecule has 0 saturated carbocycles. The molecule has 0 saturated heterocycles. The summed E-state index contributed by atoms with van der Waals surface area (Å²) >= 11 is 0. The third kappa shape index (κ3) is 6.43. The summed E-state index contributed by atoms with van der Waals surface area (Å²) in [5.74, 6) is 0. The smallest absolute Gasteiger partial charge is 0.237 e. The van der Waals surface area contributed by atoms with E-state index in [-0.39, 0.29) is 89.2 Å². The molecule has 0 spiro atoms. The molecule has 0 heterocycles. The number of nitrogens with zero attached hydrogens (tertiary/aromatic N) is 8. The average molecular weight is 765 g/mol. The zero-order chi connectivity index (χ0) is 42.2. The Morgan fingerprint density at radius 2 is 0.949 bits per heavy atom. The third-order valence-corrected chi connectivity index (χ3v) is 9.95. The Morgan fingerprint density at radius 1 is 0.525 bits per heavy atom. The molecule has 2 aliphatic carbocycles. The number of benzene rings is 5. The highest BCUT2D eigenvalue weighted by Gasteiger charge is 2.38. The van der Waals surface area contributed by atoms with E-state index in [1.165, 1.54) is 48.5 Å². The predicted molar refractivity (Wildman–Crippen MR) is 212 cm³/mol. The van der Waals surface area contributed by atoms with Crippen LogP contribution in [0.3, 0.4) is 0 Å². The number of alkyl halides is 3. The fourth-order valence-corrected chi connectivity index (χ4v) is 7.40. The molecule has 11 heteroatoms. The summed E-state index contributed by atoms with van der Waals surface area (Å²) in [6.07, 6.45) is -4.67. The number of halogens is 3. The van der Waals surface area contributed by atoms with E-state index >= 15 is 0 Å². The minimum Gasteiger partial charge on any atom is -0.237 e. The van der Waals surface area contributed by atoms with Crippen molar-refractivity contribution in [1.82, 2.24) is 0 Å². The summed E-state index contributed by atoms with van der Waals surface area (Å²) in [5.41, 5.74) is 3.25. The number of aryl methyl sites for hydroxylation is 1. The van der Waals surface area contributed by atoms with Crippen LogP contribution in [0.5, 0.6) is 0 Å². The first-order valence-electron chi connectivity index (χ1n) is 17.3. The molecule has 5 aromatic rings. The van der Waals surface area contributed by atoms with E-state index in [0.29, 0.717) is 22.3 Å². The van der Waals surface area contributed by atoms with E-state index in [2.05, 4.69) is 23.1 Å². The molecule has 5 aromatic carbocycles. The summed E-state index contributed by atoms with van der Waals surface area (Å²) < 4.78 is 41.2. The number of hydrogen-bond donors (Lipinski definition) is 0. The Kier molecular flexibility index (Phi) is 9.54. The van der Waals surface area contributed by atoms with Gasteiger partial charge in [0, 0.05) is 22.3 Å². The maximum Gasteiger partial charge on any atom is 0.416 e. The van der Waals surface area contributed by atoms with E-state index in [4.69, 9.17) is 6.57 Å². The summed E-state index contributed by atoms with van der Waals surface area (Å²) in [7, 11) is 0. The average Bonchev–Trinajstić information content (AvgIpc) is 3.74. The lowest BCUT2D eigenvalue weighted by atomic mass is 9.86. The van der Waals surface area contributed by atoms with Gasteiger partial charge in [0.25, 0.3) is 0 Å². The van der Waals surface area contributed by atoms with Crippen molar-refractivity contribution in [3.05, 3.63) is 186 Å². The van der Waals surface area contributed by atoms with Gasteiger partial charge in [-0.15, -0.1) is 0 Å². The quantitative estimate of drug-likeness (QED) is 0.129. The molecule has 0 N–H and O–H groups in total. The van der Waals surface area contributed by atoms with Gasteiger partial charge in [-0.2, -0.15) is 50.0 Å². The van der Waals surface area contributed by atoms with Crippen LogP contribution in [0.1, 0.15) is 77.9 Å². The second-order valence-corrected chi connectivity index (χ2v) is 13.4. The molecule has 7 rings (SSSR count). The van der Waals surface area contributed by atoms with Crippen molar-refractivity contribution >= 4 is 44.7 Å². The van der Waals surface area contributed by atoms with Crippen LogP contribution in [0.15, 0.2) is 97.1 Å².